The van der Waals surface area contributed by atoms with E-state index in [-0.39, 0.29) is 45.0 Å². The van der Waals surface area contributed by atoms with Gasteiger partial charge in [-0.15, -0.1) is 20.4 Å². The van der Waals surface area contributed by atoms with Gasteiger partial charge in [-0.05, 0) is 61.4 Å². The lowest BCUT2D eigenvalue weighted by molar-refractivity contribution is -0.384. The molecular weight excluding hydrogens is 592 g/mol. The standard InChI is InChI=1S/C32H20N8O6/c1-17-3-5-19-11-27(17)33-15-21-7-9-23(39(41)42)13-25(21)31-37-38-32(46-31)26-14-24(40(43)44)10-8-22(26)16-34-28-12-20(6-4-18(28)2)30-36-35-29(19)45-30/h3-16H,1-2H3. The summed E-state index contributed by atoms with van der Waals surface area (Å²) in [5.74, 6) is 0. The van der Waals surface area contributed by atoms with Crippen LogP contribution in [-0.4, -0.2) is 40.2 Å². The van der Waals surface area contributed by atoms with Gasteiger partial charge in [-0.1, -0.05) is 12.1 Å². The Bertz CT molecular complexity index is 2420. The van der Waals surface area contributed by atoms with Gasteiger partial charge in [0.25, 0.3) is 11.4 Å². The Labute approximate surface area is 257 Å². The number of aromatic nitrogens is 6. The molecule has 0 radical (unpaired) electrons. The summed E-state index contributed by atoms with van der Waals surface area (Å²) in [5, 5.41) is 42.8. The van der Waals surface area contributed by atoms with Crippen molar-refractivity contribution >= 4 is 77.6 Å². The van der Waals surface area contributed by atoms with Gasteiger partial charge in [-0.25, -0.2) is 0 Å². The van der Waals surface area contributed by atoms with Crippen LogP contribution in [0, 0.1) is 34.1 Å². The van der Waals surface area contributed by atoms with E-state index in [1.807, 2.05) is 38.1 Å². The van der Waals surface area contributed by atoms with Gasteiger partial charge < -0.3 is 8.83 Å². The number of aryl methyl sites for hydroxylation is 2. The third-order valence-electron chi connectivity index (χ3n) is 7.40. The van der Waals surface area contributed by atoms with Crippen molar-refractivity contribution in [2.75, 3.05) is 0 Å². The number of nitro groups is 2. The van der Waals surface area contributed by atoms with Crippen molar-refractivity contribution in [1.82, 2.24) is 30.4 Å². The SMILES string of the molecule is Cc1ccc2cc1ncc1ccc([N+](=O)[O-])cc1c1nnc(o1)c1cc([N+](=O)[O-])ccc1cnc1cc(ccc1C)c1nnc2o1. The Kier molecular flexibility index (Phi) is 6.78. The first-order valence-electron chi connectivity index (χ1n) is 13.8. The number of non-ortho nitro benzene ring substituents is 2. The first-order chi connectivity index (χ1) is 22.2. The highest BCUT2D eigenvalue weighted by molar-refractivity contribution is 5.96. The highest BCUT2D eigenvalue weighted by Gasteiger charge is 2.13. The first kappa shape index (κ1) is 28.1. The average Bonchev–Trinajstić information content (AvgIpc) is 3.75. The topological polar surface area (TPSA) is 190 Å². The summed E-state index contributed by atoms with van der Waals surface area (Å²) in [6.07, 6.45) is 3.07. The van der Waals surface area contributed by atoms with E-state index in [2.05, 4.69) is 30.4 Å². The van der Waals surface area contributed by atoms with Crippen LogP contribution in [0.25, 0.3) is 66.2 Å². The fourth-order valence-electron chi connectivity index (χ4n) is 4.85. The molecule has 0 N–H and O–H groups in total. The Morgan fingerprint density at radius 3 is 1.35 bits per heavy atom. The third kappa shape index (κ3) is 5.19. The van der Waals surface area contributed by atoms with E-state index in [1.54, 1.807) is 12.1 Å². The molecule has 0 atom stereocenters. The van der Waals surface area contributed by atoms with Crippen molar-refractivity contribution in [2.24, 2.45) is 0 Å². The molecule has 3 heterocycles. The van der Waals surface area contributed by atoms with E-state index in [4.69, 9.17) is 8.83 Å². The smallest absolute Gasteiger partial charge is 0.270 e. The molecule has 0 saturated heterocycles. The highest BCUT2D eigenvalue weighted by atomic mass is 16.6. The molecule has 0 saturated carbocycles. The van der Waals surface area contributed by atoms with E-state index in [9.17, 15) is 20.2 Å². The van der Waals surface area contributed by atoms with Gasteiger partial charge in [0.1, 0.15) is 0 Å². The molecule has 0 fully saturated rings. The van der Waals surface area contributed by atoms with Gasteiger partial charge in [0.05, 0.1) is 31.7 Å². The van der Waals surface area contributed by atoms with E-state index in [1.165, 1.54) is 48.8 Å². The van der Waals surface area contributed by atoms with Crippen LogP contribution in [0.3, 0.4) is 0 Å². The quantitative estimate of drug-likeness (QED) is 0.139. The van der Waals surface area contributed by atoms with Crippen LogP contribution in [0.1, 0.15) is 11.1 Å². The second-order valence-electron chi connectivity index (χ2n) is 10.4. The number of rotatable bonds is 2. The van der Waals surface area contributed by atoms with Crippen LogP contribution in [0.5, 0.6) is 0 Å². The van der Waals surface area contributed by atoms with E-state index in [0.29, 0.717) is 32.6 Å². The zero-order valence-electron chi connectivity index (χ0n) is 24.1. The monoisotopic (exact) mass is 612 g/mol. The van der Waals surface area contributed by atoms with Crippen LogP contribution in [0.2, 0.25) is 0 Å². The minimum Gasteiger partial charge on any atom is -0.416 e. The summed E-state index contributed by atoms with van der Waals surface area (Å²) in [7, 11) is 0. The molecule has 14 nitrogen and oxygen atoms in total. The highest BCUT2D eigenvalue weighted by Crippen LogP contribution is 2.27. The number of hydrogen-bond acceptors (Lipinski definition) is 12. The summed E-state index contributed by atoms with van der Waals surface area (Å²) < 4.78 is 12.1. The zero-order chi connectivity index (χ0) is 31.9. The number of nitro benzene ring substituents is 2. The molecule has 46 heavy (non-hydrogen) atoms. The van der Waals surface area contributed by atoms with Gasteiger partial charge in [-0.2, -0.15) is 0 Å². The predicted molar refractivity (Wildman–Crippen MR) is 170 cm³/mol. The van der Waals surface area contributed by atoms with Gasteiger partial charge in [-0.3, -0.25) is 30.2 Å². The minimum absolute atomic E-state index is 0.0450. The Hall–Kier alpha value is -6.70. The van der Waals surface area contributed by atoms with Crippen LogP contribution >= 0.6 is 0 Å². The zero-order valence-corrected chi connectivity index (χ0v) is 24.1. The number of nitrogens with zero attached hydrogens (tertiary/aromatic N) is 8. The maximum absolute atomic E-state index is 11.7. The molecule has 7 rings (SSSR count). The average molecular weight is 613 g/mol. The molecule has 224 valence electrons. The summed E-state index contributed by atoms with van der Waals surface area (Å²) in [5.41, 5.74) is 2.97. The lowest BCUT2D eigenvalue weighted by Crippen LogP contribution is -1.87. The molecule has 0 spiro atoms. The molecule has 0 unspecified atom stereocenters. The van der Waals surface area contributed by atoms with Crippen LogP contribution in [-0.2, 0) is 0 Å². The summed E-state index contributed by atoms with van der Waals surface area (Å²) in [6, 6.07) is 19.4. The summed E-state index contributed by atoms with van der Waals surface area (Å²) >= 11 is 0. The fourth-order valence-corrected chi connectivity index (χ4v) is 4.85. The molecule has 0 amide bonds. The van der Waals surface area contributed by atoms with Crippen molar-refractivity contribution in [3.63, 3.8) is 0 Å². The fraction of sp³-hybridized carbons (Fsp3) is 0.0625. The van der Waals surface area contributed by atoms with Crippen molar-refractivity contribution < 1.29 is 18.7 Å². The van der Waals surface area contributed by atoms with Crippen LogP contribution in [0.15, 0.2) is 94.0 Å². The summed E-state index contributed by atoms with van der Waals surface area (Å²) in [4.78, 5) is 31.6. The van der Waals surface area contributed by atoms with Gasteiger partial charge >= 0.3 is 0 Å². The van der Waals surface area contributed by atoms with Gasteiger partial charge in [0, 0.05) is 58.2 Å². The lowest BCUT2D eigenvalue weighted by Gasteiger charge is -1.97. The molecule has 0 aliphatic heterocycles. The normalized spacial score (nSPS) is 11.2. The molecule has 14 heteroatoms. The maximum atomic E-state index is 11.7. The van der Waals surface area contributed by atoms with Crippen LogP contribution in [0.4, 0.5) is 11.4 Å². The molecule has 3 aromatic heterocycles. The maximum Gasteiger partial charge on any atom is 0.270 e. The second kappa shape index (κ2) is 11.1. The van der Waals surface area contributed by atoms with Crippen molar-refractivity contribution in [3.05, 3.63) is 117 Å². The number of fused-ring (bicyclic) bond motifs is 14. The van der Waals surface area contributed by atoms with Gasteiger partial charge in [0.15, 0.2) is 0 Å². The Morgan fingerprint density at radius 2 is 0.913 bits per heavy atom. The number of hydrogen-bond donors (Lipinski definition) is 0. The molecule has 7 aromatic rings. The molecule has 8 bridgehead atoms. The van der Waals surface area contributed by atoms with E-state index < -0.39 is 9.85 Å². The summed E-state index contributed by atoms with van der Waals surface area (Å²) in [6.45, 7) is 3.78. The predicted octanol–water partition coefficient (Wildman–Crippen LogP) is 7.41. The molecular formula is C32H20N8O6. The molecule has 0 aliphatic rings. The van der Waals surface area contributed by atoms with Crippen LogP contribution < -0.4 is 0 Å². The lowest BCUT2D eigenvalue weighted by atomic mass is 10.1. The van der Waals surface area contributed by atoms with E-state index >= 15 is 0 Å². The second-order valence-corrected chi connectivity index (χ2v) is 10.4. The molecule has 0 aliphatic carbocycles. The first-order valence-corrected chi connectivity index (χ1v) is 13.8. The van der Waals surface area contributed by atoms with Gasteiger partial charge in [0.2, 0.25) is 22.9 Å². The van der Waals surface area contributed by atoms with Crippen molar-refractivity contribution in [1.29, 1.82) is 0 Å². The number of benzene rings is 4. The van der Waals surface area contributed by atoms with Crippen molar-refractivity contribution in [2.45, 2.75) is 13.8 Å². The van der Waals surface area contributed by atoms with Crippen molar-refractivity contribution in [3.8, 4) is 0 Å². The van der Waals surface area contributed by atoms with E-state index in [0.717, 1.165) is 11.1 Å². The molecule has 4 aromatic carbocycles. The Morgan fingerprint density at radius 1 is 0.522 bits per heavy atom. The third-order valence-corrected chi connectivity index (χ3v) is 7.40. The Balaban J connectivity index is 1.67. The minimum atomic E-state index is -0.538. The largest absolute Gasteiger partial charge is 0.416 e.